The van der Waals surface area contributed by atoms with Crippen molar-refractivity contribution in [1.29, 1.82) is 0 Å². The Bertz CT molecular complexity index is 1630. The summed E-state index contributed by atoms with van der Waals surface area (Å²) in [6.45, 7) is 3.41. The predicted octanol–water partition coefficient (Wildman–Crippen LogP) is -0.160. The van der Waals surface area contributed by atoms with Gasteiger partial charge in [0.05, 0.1) is 16.4 Å². The molecular formula is C24H28N4O13S. The molecule has 1 aromatic carbocycles. The van der Waals surface area contributed by atoms with Crippen LogP contribution >= 0.6 is 0 Å². The topological polar surface area (TPSA) is 280 Å². The number of nitrogens with one attached hydrogen (secondary N) is 1. The van der Waals surface area contributed by atoms with E-state index in [2.05, 4.69) is 5.32 Å². The molecule has 3 aliphatic carbocycles. The van der Waals surface area contributed by atoms with E-state index in [1.165, 1.54) is 0 Å². The molecule has 0 spiro atoms. The molecule has 4 rings (SSSR count). The van der Waals surface area contributed by atoms with E-state index in [1.54, 1.807) is 13.8 Å². The van der Waals surface area contributed by atoms with Gasteiger partial charge >= 0.3 is 16.1 Å². The van der Waals surface area contributed by atoms with Gasteiger partial charge in [-0.1, -0.05) is 0 Å². The Morgan fingerprint density at radius 3 is 2.31 bits per heavy atom. The number of carbonyl (C=O) groups is 3. The van der Waals surface area contributed by atoms with E-state index in [4.69, 9.17) is 9.92 Å². The number of phenolic OH excluding ortho intramolecular Hbond substituents is 1. The van der Waals surface area contributed by atoms with E-state index < -0.39 is 102 Å². The number of aliphatic hydroxyl groups is 3. The first-order chi connectivity index (χ1) is 19.2. The lowest BCUT2D eigenvalue weighted by Crippen LogP contribution is -2.73. The summed E-state index contributed by atoms with van der Waals surface area (Å²) in [4.78, 5) is 51.3. The van der Waals surface area contributed by atoms with Gasteiger partial charge in [0.15, 0.2) is 11.4 Å². The molecule has 2 unspecified atom stereocenters. The minimum atomic E-state index is -5.54. The summed E-state index contributed by atoms with van der Waals surface area (Å²) in [5.74, 6) is -11.6. The SMILES string of the molecule is CC(C)Nc1cc([N+](=O)[O-])c(O)c2c1CC1CC3[C@@](O)(C(=O)C(C(N)=O)=C(O)[C@@]3(OS(=O)(=O)O)N(C)C)C(=O)C1=C2O. The van der Waals surface area contributed by atoms with E-state index in [-0.39, 0.29) is 23.7 Å². The molecule has 228 valence electrons. The third kappa shape index (κ3) is 4.21. The summed E-state index contributed by atoms with van der Waals surface area (Å²) < 4.78 is 38.5. The highest BCUT2D eigenvalue weighted by molar-refractivity contribution is 7.80. The Hall–Kier alpha value is -4.10. The van der Waals surface area contributed by atoms with Gasteiger partial charge in [-0.25, -0.2) is 4.18 Å². The molecule has 0 aromatic heterocycles. The summed E-state index contributed by atoms with van der Waals surface area (Å²) >= 11 is 0. The van der Waals surface area contributed by atoms with Crippen molar-refractivity contribution >= 4 is 45.0 Å². The van der Waals surface area contributed by atoms with Crippen LogP contribution in [-0.4, -0.2) is 92.2 Å². The molecule has 8 N–H and O–H groups in total. The largest absolute Gasteiger partial charge is 0.507 e. The van der Waals surface area contributed by atoms with Gasteiger partial charge in [0.25, 0.3) is 5.91 Å². The van der Waals surface area contributed by atoms with Gasteiger partial charge in [-0.2, -0.15) is 8.42 Å². The smallest absolute Gasteiger partial charge is 0.399 e. The Balaban J connectivity index is 2.08. The van der Waals surface area contributed by atoms with E-state index in [0.29, 0.717) is 0 Å². The van der Waals surface area contributed by atoms with E-state index in [0.717, 1.165) is 25.1 Å². The van der Waals surface area contributed by atoms with E-state index in [1.807, 2.05) is 0 Å². The lowest BCUT2D eigenvalue weighted by Gasteiger charge is -2.54. The minimum absolute atomic E-state index is 0.106. The van der Waals surface area contributed by atoms with Crippen LogP contribution < -0.4 is 11.1 Å². The molecule has 1 fully saturated rings. The van der Waals surface area contributed by atoms with Gasteiger partial charge in [0.1, 0.15) is 11.3 Å². The van der Waals surface area contributed by atoms with Gasteiger partial charge in [0, 0.05) is 23.4 Å². The van der Waals surface area contributed by atoms with Crippen LogP contribution in [0, 0.1) is 22.0 Å². The zero-order chi connectivity index (χ0) is 31.9. The Labute approximate surface area is 238 Å². The van der Waals surface area contributed by atoms with Crippen LogP contribution in [0.1, 0.15) is 31.4 Å². The number of rotatable bonds is 7. The van der Waals surface area contributed by atoms with Crippen molar-refractivity contribution < 1.29 is 56.9 Å². The van der Waals surface area contributed by atoms with E-state index >= 15 is 0 Å². The molecule has 3 aliphatic rings. The summed E-state index contributed by atoms with van der Waals surface area (Å²) in [6, 6.07) is 0.718. The van der Waals surface area contributed by atoms with Crippen LogP contribution in [-0.2, 0) is 35.4 Å². The third-order valence-electron chi connectivity index (χ3n) is 7.76. The van der Waals surface area contributed by atoms with Crippen LogP contribution in [0.15, 0.2) is 23.0 Å². The summed E-state index contributed by atoms with van der Waals surface area (Å²) in [7, 11) is -3.34. The summed E-state index contributed by atoms with van der Waals surface area (Å²) in [5.41, 5.74) is -4.29. The van der Waals surface area contributed by atoms with Crippen molar-refractivity contribution in [2.24, 2.45) is 17.6 Å². The van der Waals surface area contributed by atoms with Gasteiger partial charge in [-0.15, -0.1) is 0 Å². The number of nitrogens with zero attached hydrogens (tertiary/aromatic N) is 2. The predicted molar refractivity (Wildman–Crippen MR) is 141 cm³/mol. The zero-order valence-corrected chi connectivity index (χ0v) is 23.4. The Kier molecular flexibility index (Phi) is 7.15. The number of likely N-dealkylation sites (N-methyl/N-ethyl adjacent to an activating group) is 1. The maximum atomic E-state index is 14.0. The van der Waals surface area contributed by atoms with Crippen molar-refractivity contribution in [3.05, 3.63) is 44.2 Å². The molecule has 0 aliphatic heterocycles. The van der Waals surface area contributed by atoms with E-state index in [9.17, 15) is 57.9 Å². The first-order valence-corrected chi connectivity index (χ1v) is 13.7. The average molecular weight is 613 g/mol. The summed E-state index contributed by atoms with van der Waals surface area (Å²) in [5, 5.41) is 59.6. The van der Waals surface area contributed by atoms with Crippen molar-refractivity contribution in [1.82, 2.24) is 4.90 Å². The van der Waals surface area contributed by atoms with Gasteiger partial charge in [-0.05, 0) is 52.3 Å². The monoisotopic (exact) mass is 612 g/mol. The second-order valence-corrected chi connectivity index (χ2v) is 11.8. The molecule has 17 nitrogen and oxygen atoms in total. The molecule has 0 saturated heterocycles. The molecule has 1 saturated carbocycles. The van der Waals surface area contributed by atoms with Crippen molar-refractivity contribution in [3.8, 4) is 5.75 Å². The quantitative estimate of drug-likeness (QED) is 0.0400. The van der Waals surface area contributed by atoms with Gasteiger partial charge in [0.2, 0.25) is 23.0 Å². The fourth-order valence-electron chi connectivity index (χ4n) is 6.16. The maximum absolute atomic E-state index is 14.0. The highest BCUT2D eigenvalue weighted by atomic mass is 32.3. The van der Waals surface area contributed by atoms with Gasteiger partial charge in [-0.3, -0.25) is 34.0 Å². The fourth-order valence-corrected chi connectivity index (χ4v) is 6.83. The Morgan fingerprint density at radius 1 is 1.24 bits per heavy atom. The molecule has 18 heteroatoms. The van der Waals surface area contributed by atoms with Crippen LogP contribution in [0.3, 0.4) is 0 Å². The fraction of sp³-hybridized carbons (Fsp3) is 0.458. The average Bonchev–Trinajstić information content (AvgIpc) is 2.83. The van der Waals surface area contributed by atoms with Crippen LogP contribution in [0.4, 0.5) is 11.4 Å². The molecule has 1 aromatic rings. The number of nitro groups is 1. The molecule has 42 heavy (non-hydrogen) atoms. The number of primary amides is 1. The number of phenols is 1. The number of nitrogens with two attached hydrogens (primary N) is 1. The van der Waals surface area contributed by atoms with Crippen LogP contribution in [0.5, 0.6) is 5.75 Å². The summed E-state index contributed by atoms with van der Waals surface area (Å²) in [6.07, 6.45) is -0.861. The number of hydrogen-bond acceptors (Lipinski definition) is 14. The number of Topliss-reactive ketones (excluding diaryl/α,β-unsaturated/α-hetero) is 2. The highest BCUT2D eigenvalue weighted by Crippen LogP contribution is 2.57. The second-order valence-electron chi connectivity index (χ2n) is 10.8. The number of aromatic hydroxyl groups is 1. The Morgan fingerprint density at radius 2 is 1.83 bits per heavy atom. The second kappa shape index (κ2) is 9.73. The lowest BCUT2D eigenvalue weighted by molar-refractivity contribution is -0.385. The molecular weight excluding hydrogens is 584 g/mol. The molecule has 0 heterocycles. The number of nitro benzene ring substituents is 1. The number of ketones is 2. The number of fused-ring (bicyclic) bond motifs is 3. The number of benzene rings is 1. The number of hydrogen-bond donors (Lipinski definition) is 7. The molecule has 4 atom stereocenters. The molecule has 0 bridgehead atoms. The van der Waals surface area contributed by atoms with Crippen LogP contribution in [0.2, 0.25) is 0 Å². The highest BCUT2D eigenvalue weighted by Gasteiger charge is 2.72. The van der Waals surface area contributed by atoms with Gasteiger partial charge < -0.3 is 31.5 Å². The zero-order valence-electron chi connectivity index (χ0n) is 22.6. The molecule has 1 amide bonds. The minimum Gasteiger partial charge on any atom is -0.507 e. The maximum Gasteiger partial charge on any atom is 0.399 e. The lowest BCUT2D eigenvalue weighted by atomic mass is 9.56. The van der Waals surface area contributed by atoms with Crippen molar-refractivity contribution in [2.75, 3.05) is 19.4 Å². The number of anilines is 1. The van der Waals surface area contributed by atoms with Crippen molar-refractivity contribution in [3.63, 3.8) is 0 Å². The number of amides is 1. The van der Waals surface area contributed by atoms with Crippen LogP contribution in [0.25, 0.3) is 5.76 Å². The normalized spacial score (nSPS) is 27.6. The van der Waals surface area contributed by atoms with Crippen molar-refractivity contribution in [2.45, 2.75) is 44.1 Å². The standard InChI is InChI=1S/C24H28N4O13S/c1-8(2)26-11-7-12(28(36)37)17(29)15-10(11)5-9-6-13-23(35,19(31)14(9)18(15)30)20(32)16(22(25)34)21(33)24(13,27(3)4)41-42(38,39)40/h7-9,13,26,29-30,33,35H,5-6H2,1-4H3,(H2,25,34)(H,38,39,40)/t9?,13?,23-,24+/m0/s1. The molecule has 0 radical (unpaired) electrons. The first-order valence-electron chi connectivity index (χ1n) is 12.4. The number of aliphatic hydroxyl groups excluding tert-OH is 2. The first kappa shape index (κ1) is 30.8. The number of carbonyl (C=O) groups excluding carboxylic acids is 3. The third-order valence-corrected chi connectivity index (χ3v) is 8.22.